The Morgan fingerprint density at radius 3 is 2.75 bits per heavy atom. The van der Waals surface area contributed by atoms with E-state index in [0.717, 1.165) is 0 Å². The van der Waals surface area contributed by atoms with Gasteiger partial charge in [-0.1, -0.05) is 6.82 Å². The second-order valence-electron chi connectivity index (χ2n) is 4.02. The van der Waals surface area contributed by atoms with E-state index in [1.165, 1.54) is 0 Å². The van der Waals surface area contributed by atoms with Gasteiger partial charge in [0.1, 0.15) is 19.8 Å². The molecule has 1 N–H and O–H groups in total. The summed E-state index contributed by atoms with van der Waals surface area (Å²) in [7, 11) is 7.18. The van der Waals surface area contributed by atoms with E-state index in [2.05, 4.69) is 9.12 Å². The minimum Gasteiger partial charge on any atom is -0.424 e. The Morgan fingerprint density at radius 2 is 2.25 bits per heavy atom. The van der Waals surface area contributed by atoms with Gasteiger partial charge in [-0.15, -0.1) is 9.12 Å². The molecule has 2 unspecified atom stereocenters. The lowest BCUT2D eigenvalue weighted by Crippen LogP contribution is -2.54. The van der Waals surface area contributed by atoms with Crippen LogP contribution >= 0.6 is 17.1 Å². The summed E-state index contributed by atoms with van der Waals surface area (Å²) in [6.07, 6.45) is -1.63. The van der Waals surface area contributed by atoms with Crippen LogP contribution in [0.2, 0.25) is 6.82 Å². The van der Waals surface area contributed by atoms with Crippen LogP contribution in [0.4, 0.5) is 0 Å². The Balaban J connectivity index is 2.65. The van der Waals surface area contributed by atoms with Crippen molar-refractivity contribution in [1.29, 1.82) is 0 Å². The lowest BCUT2D eigenvalue weighted by atomic mass is 9.97. The zero-order valence-electron chi connectivity index (χ0n) is 9.87. The Kier molecular flexibility index (Phi) is 6.22. The van der Waals surface area contributed by atoms with Crippen molar-refractivity contribution < 1.29 is 19.0 Å². The first-order valence-corrected chi connectivity index (χ1v) is 7.72. The largest absolute Gasteiger partial charge is 0.424 e. The van der Waals surface area contributed by atoms with Crippen molar-refractivity contribution >= 4 is 31.3 Å². The number of aliphatic hydroxyl groups is 1. The molecule has 6 atom stereocenters. The summed E-state index contributed by atoms with van der Waals surface area (Å²) in [4.78, 5) is 0. The van der Waals surface area contributed by atoms with Crippen LogP contribution in [-0.2, 0) is 13.9 Å². The van der Waals surface area contributed by atoms with Gasteiger partial charge in [-0.05, 0) is 21.6 Å². The molecule has 2 radical (unpaired) electrons. The molecule has 1 aliphatic rings. The van der Waals surface area contributed by atoms with Gasteiger partial charge in [-0.3, -0.25) is 0 Å². The molecule has 16 heavy (non-hydrogen) atoms. The highest BCUT2D eigenvalue weighted by molar-refractivity contribution is 7.77. The molecular weight excluding hydrogens is 244 g/mol. The van der Waals surface area contributed by atoms with E-state index >= 15 is 0 Å². The van der Waals surface area contributed by atoms with Crippen molar-refractivity contribution in [3.63, 3.8) is 0 Å². The van der Waals surface area contributed by atoms with Gasteiger partial charge in [0, 0.05) is 0 Å². The fourth-order valence-electron chi connectivity index (χ4n) is 1.64. The van der Waals surface area contributed by atoms with Crippen LogP contribution in [0.3, 0.4) is 0 Å². The second kappa shape index (κ2) is 6.68. The van der Waals surface area contributed by atoms with E-state index in [9.17, 15) is 5.11 Å². The lowest BCUT2D eigenvalue weighted by molar-refractivity contribution is -0.164. The molecule has 8 heteroatoms. The van der Waals surface area contributed by atoms with Crippen molar-refractivity contribution in [2.45, 2.75) is 38.2 Å². The van der Waals surface area contributed by atoms with Gasteiger partial charge >= 0.3 is 6.64 Å². The molecule has 90 valence electrons. The van der Waals surface area contributed by atoms with E-state index < -0.39 is 20.2 Å². The third-order valence-corrected chi connectivity index (χ3v) is 3.12. The van der Waals surface area contributed by atoms with Crippen molar-refractivity contribution in [1.82, 2.24) is 0 Å². The van der Waals surface area contributed by atoms with Crippen LogP contribution in [-0.4, -0.2) is 57.0 Å². The smallest absolute Gasteiger partial charge is 0.312 e. The van der Waals surface area contributed by atoms with Crippen LogP contribution in [0.5, 0.6) is 0 Å². The fourth-order valence-corrected chi connectivity index (χ4v) is 2.49. The highest BCUT2D eigenvalue weighted by Crippen LogP contribution is 2.33. The van der Waals surface area contributed by atoms with Crippen molar-refractivity contribution in [3.05, 3.63) is 0 Å². The summed E-state index contributed by atoms with van der Waals surface area (Å²) in [5.74, 6) is 0. The summed E-state index contributed by atoms with van der Waals surface area (Å²) >= 11 is 0. The van der Waals surface area contributed by atoms with Gasteiger partial charge in [0.25, 0.3) is 0 Å². The number of rotatable bonds is 4. The average Bonchev–Trinajstić information content (AvgIpc) is 2.16. The summed E-state index contributed by atoms with van der Waals surface area (Å²) in [5.41, 5.74) is 0. The Bertz CT molecular complexity index is 220. The van der Waals surface area contributed by atoms with Gasteiger partial charge in [-0.2, -0.15) is 0 Å². The predicted molar refractivity (Wildman–Crippen MR) is 71.1 cm³/mol. The maximum atomic E-state index is 9.99. The number of hydrogen-bond donors (Lipinski definition) is 1. The quantitative estimate of drug-likeness (QED) is 0.596. The molecule has 1 saturated heterocycles. The molecule has 0 aromatic carbocycles. The summed E-state index contributed by atoms with van der Waals surface area (Å²) in [6.45, 7) is 5.93. The zero-order chi connectivity index (χ0) is 12.3. The molecule has 0 aromatic heterocycles. The SMILES string of the molecule is [B]P(C)O[C@@H]1[C@@H](O)[C@H](C)OC[C@H]1OB(C)P. The average molecular weight is 262 g/mol. The van der Waals surface area contributed by atoms with Gasteiger partial charge in [0.2, 0.25) is 0 Å². The first-order chi connectivity index (χ1) is 7.41. The van der Waals surface area contributed by atoms with Gasteiger partial charge < -0.3 is 19.0 Å². The maximum absolute atomic E-state index is 9.99. The third-order valence-electron chi connectivity index (χ3n) is 2.38. The molecule has 0 aromatic rings. The van der Waals surface area contributed by atoms with Gasteiger partial charge in [-0.25, -0.2) is 0 Å². The highest BCUT2D eigenvalue weighted by Gasteiger charge is 2.39. The number of ether oxygens (including phenoxy) is 1. The van der Waals surface area contributed by atoms with Crippen LogP contribution < -0.4 is 0 Å². The summed E-state index contributed by atoms with van der Waals surface area (Å²) < 4.78 is 16.6. The Hall–Kier alpha value is 0.830. The molecule has 1 fully saturated rings. The second-order valence-corrected chi connectivity index (χ2v) is 6.27. The molecule has 1 rings (SSSR count). The molecule has 0 aliphatic carbocycles. The topological polar surface area (TPSA) is 47.9 Å². The molecule has 0 saturated carbocycles. The molecular formula is C8H18B2O4P2. The first kappa shape index (κ1) is 14.9. The fraction of sp³-hybridized carbons (Fsp3) is 1.00. The van der Waals surface area contributed by atoms with Crippen molar-refractivity contribution in [2.75, 3.05) is 13.3 Å². The summed E-state index contributed by atoms with van der Waals surface area (Å²) in [5, 5.41) is 9.99. The molecule has 0 bridgehead atoms. The van der Waals surface area contributed by atoms with Gasteiger partial charge in [0.15, 0.2) is 0 Å². The number of aliphatic hydroxyl groups excluding tert-OH is 1. The Labute approximate surface area is 102 Å². The van der Waals surface area contributed by atoms with E-state index in [1.54, 1.807) is 6.66 Å². The molecule has 1 aliphatic heterocycles. The molecule has 1 heterocycles. The number of hydrogen-bond acceptors (Lipinski definition) is 4. The van der Waals surface area contributed by atoms with E-state index in [1.807, 2.05) is 13.7 Å². The third kappa shape index (κ3) is 4.25. The van der Waals surface area contributed by atoms with E-state index in [0.29, 0.717) is 6.61 Å². The van der Waals surface area contributed by atoms with Crippen LogP contribution in [0, 0.1) is 0 Å². The van der Waals surface area contributed by atoms with Gasteiger partial charge in [0.05, 0.1) is 18.8 Å². The standard InChI is InChI=1S/C8H18B2O4P2/c1-5-7(11)8(14-16(3)9)6(4-12-5)13-10(2)15/h5-8,11H,4,15H2,1-3H3/t5-,6+,7-,8-,16?/m0/s1. The normalized spacial score (nSPS) is 37.1. The predicted octanol–water partition coefficient (Wildman–Crippen LogP) is 0.640. The molecule has 0 spiro atoms. The van der Waals surface area contributed by atoms with Crippen LogP contribution in [0.1, 0.15) is 6.92 Å². The van der Waals surface area contributed by atoms with Crippen LogP contribution in [0.25, 0.3) is 0 Å². The molecule has 4 nitrogen and oxygen atoms in total. The van der Waals surface area contributed by atoms with Crippen molar-refractivity contribution in [3.8, 4) is 0 Å². The maximum Gasteiger partial charge on any atom is 0.312 e. The van der Waals surface area contributed by atoms with Crippen LogP contribution in [0.15, 0.2) is 0 Å². The monoisotopic (exact) mass is 262 g/mol. The minimum atomic E-state index is -1.02. The minimum absolute atomic E-state index is 0.0128. The van der Waals surface area contributed by atoms with Crippen molar-refractivity contribution in [2.24, 2.45) is 0 Å². The van der Waals surface area contributed by atoms with E-state index in [-0.39, 0.29) is 18.8 Å². The Morgan fingerprint density at radius 1 is 1.62 bits per heavy atom. The summed E-state index contributed by atoms with van der Waals surface area (Å²) in [6, 6.07) is 0. The molecule has 0 amide bonds. The highest BCUT2D eigenvalue weighted by atomic mass is 31.1. The zero-order valence-corrected chi connectivity index (χ0v) is 11.9. The van der Waals surface area contributed by atoms with E-state index in [4.69, 9.17) is 21.5 Å². The first-order valence-electron chi connectivity index (χ1n) is 5.27. The lowest BCUT2D eigenvalue weighted by Gasteiger charge is -2.40.